The quantitative estimate of drug-likeness (QED) is 0.846. The number of nitrogens with one attached hydrogen (secondary N) is 1. The summed E-state index contributed by atoms with van der Waals surface area (Å²) in [6.45, 7) is 5.32. The Hall–Kier alpha value is -2.89. The molecule has 1 saturated heterocycles. The van der Waals surface area contributed by atoms with E-state index < -0.39 is 6.10 Å². The van der Waals surface area contributed by atoms with Crippen molar-refractivity contribution < 1.29 is 14.3 Å². The molecule has 0 radical (unpaired) electrons. The lowest BCUT2D eigenvalue weighted by atomic mass is 9.88. The third-order valence-electron chi connectivity index (χ3n) is 5.26. The van der Waals surface area contributed by atoms with Crippen molar-refractivity contribution >= 4 is 23.2 Å². The minimum absolute atomic E-state index is 0.0109. The molecule has 1 aromatic carbocycles. The van der Waals surface area contributed by atoms with Gasteiger partial charge in [-0.1, -0.05) is 6.07 Å². The molecule has 2 aromatic rings. The molecule has 0 spiro atoms. The van der Waals surface area contributed by atoms with Gasteiger partial charge in [0.25, 0.3) is 5.91 Å². The van der Waals surface area contributed by atoms with Crippen molar-refractivity contribution in [2.24, 2.45) is 5.92 Å². The zero-order chi connectivity index (χ0) is 19.0. The zero-order valence-electron chi connectivity index (χ0n) is 15.6. The fourth-order valence-corrected chi connectivity index (χ4v) is 3.67. The Bertz CT molecular complexity index is 888. The first-order chi connectivity index (χ1) is 13.0. The van der Waals surface area contributed by atoms with Crippen LogP contribution in [0.5, 0.6) is 5.75 Å². The summed E-state index contributed by atoms with van der Waals surface area (Å²) in [4.78, 5) is 31.6. The monoisotopic (exact) mass is 365 g/mol. The van der Waals surface area contributed by atoms with Gasteiger partial charge in [0.2, 0.25) is 0 Å². The molecule has 4 rings (SSSR count). The normalized spacial score (nSPS) is 19.9. The van der Waals surface area contributed by atoms with Gasteiger partial charge in [-0.25, -0.2) is 4.98 Å². The number of benzene rings is 1. The number of piperidine rings is 1. The minimum atomic E-state index is -0.515. The Kier molecular flexibility index (Phi) is 4.56. The maximum atomic E-state index is 12.9. The number of ether oxygens (including phenoxy) is 1. The van der Waals surface area contributed by atoms with Gasteiger partial charge in [-0.3, -0.25) is 9.59 Å². The van der Waals surface area contributed by atoms with Gasteiger partial charge in [-0.15, -0.1) is 0 Å². The molecular weight excluding hydrogens is 342 g/mol. The van der Waals surface area contributed by atoms with Crippen molar-refractivity contribution in [2.45, 2.75) is 32.8 Å². The minimum Gasteiger partial charge on any atom is -0.479 e. The van der Waals surface area contributed by atoms with Crippen LogP contribution in [0.25, 0.3) is 0 Å². The standard InChI is InChI=1S/C21H23N3O3/c1-13-4-3-5-19(22-13)24-10-8-15(9-11-24)20(25)16-6-7-18-17(12-16)23-21(26)14(2)27-18/h3-7,12,14-15H,8-11H2,1-2H3,(H,23,26). The number of Topliss-reactive ketones (excluding diaryl/α,β-unsaturated/α-hetero) is 1. The summed E-state index contributed by atoms with van der Waals surface area (Å²) in [6.07, 6.45) is 1.08. The first-order valence-electron chi connectivity index (χ1n) is 9.35. The van der Waals surface area contributed by atoms with Gasteiger partial charge in [0.05, 0.1) is 5.69 Å². The summed E-state index contributed by atoms with van der Waals surface area (Å²) in [5.74, 6) is 1.51. The smallest absolute Gasteiger partial charge is 0.265 e. The predicted molar refractivity (Wildman–Crippen MR) is 103 cm³/mol. The number of amides is 1. The average molecular weight is 365 g/mol. The number of aryl methyl sites for hydroxylation is 1. The summed E-state index contributed by atoms with van der Waals surface area (Å²) in [6, 6.07) is 11.3. The van der Waals surface area contributed by atoms with Crippen LogP contribution in [0.3, 0.4) is 0 Å². The van der Waals surface area contributed by atoms with Crippen molar-refractivity contribution in [1.82, 2.24) is 4.98 Å². The van der Waals surface area contributed by atoms with Crippen molar-refractivity contribution in [3.63, 3.8) is 0 Å². The molecule has 0 bridgehead atoms. The second kappa shape index (κ2) is 7.02. The number of hydrogen-bond acceptors (Lipinski definition) is 5. The van der Waals surface area contributed by atoms with Crippen LogP contribution in [-0.4, -0.2) is 35.9 Å². The number of nitrogens with zero attached hydrogens (tertiary/aromatic N) is 2. The fraction of sp³-hybridized carbons (Fsp3) is 0.381. The molecule has 1 fully saturated rings. The Morgan fingerprint density at radius 1 is 1.22 bits per heavy atom. The number of aromatic nitrogens is 1. The molecule has 1 unspecified atom stereocenters. The molecule has 140 valence electrons. The summed E-state index contributed by atoms with van der Waals surface area (Å²) >= 11 is 0. The summed E-state index contributed by atoms with van der Waals surface area (Å²) in [7, 11) is 0. The Balaban J connectivity index is 1.44. The van der Waals surface area contributed by atoms with Crippen molar-refractivity contribution in [2.75, 3.05) is 23.3 Å². The van der Waals surface area contributed by atoms with E-state index in [1.165, 1.54) is 0 Å². The predicted octanol–water partition coefficient (Wildman–Crippen LogP) is 3.21. The van der Waals surface area contributed by atoms with E-state index in [1.54, 1.807) is 25.1 Å². The Morgan fingerprint density at radius 3 is 2.74 bits per heavy atom. The first-order valence-corrected chi connectivity index (χ1v) is 9.35. The number of ketones is 1. The van der Waals surface area contributed by atoms with E-state index in [-0.39, 0.29) is 17.6 Å². The topological polar surface area (TPSA) is 71.5 Å². The van der Waals surface area contributed by atoms with E-state index in [0.717, 1.165) is 37.4 Å². The van der Waals surface area contributed by atoms with E-state index in [9.17, 15) is 9.59 Å². The molecule has 27 heavy (non-hydrogen) atoms. The highest BCUT2D eigenvalue weighted by atomic mass is 16.5. The molecule has 2 aliphatic rings. The lowest BCUT2D eigenvalue weighted by molar-refractivity contribution is -0.122. The van der Waals surface area contributed by atoms with Crippen LogP contribution < -0.4 is 15.0 Å². The van der Waals surface area contributed by atoms with Crippen LogP contribution in [-0.2, 0) is 4.79 Å². The molecule has 0 saturated carbocycles. The largest absolute Gasteiger partial charge is 0.479 e. The number of rotatable bonds is 3. The van der Waals surface area contributed by atoms with Gasteiger partial charge < -0.3 is 15.0 Å². The molecule has 6 nitrogen and oxygen atoms in total. The van der Waals surface area contributed by atoms with Gasteiger partial charge in [-0.2, -0.15) is 0 Å². The van der Waals surface area contributed by atoms with Gasteiger partial charge in [0.1, 0.15) is 11.6 Å². The lowest BCUT2D eigenvalue weighted by Gasteiger charge is -2.32. The summed E-state index contributed by atoms with van der Waals surface area (Å²) in [5, 5.41) is 2.81. The second-order valence-corrected chi connectivity index (χ2v) is 7.22. The van der Waals surface area contributed by atoms with Crippen molar-refractivity contribution in [3.8, 4) is 5.75 Å². The molecule has 2 aliphatic heterocycles. The number of hydrogen-bond donors (Lipinski definition) is 1. The highest BCUT2D eigenvalue weighted by Crippen LogP contribution is 2.32. The Morgan fingerprint density at radius 2 is 2.00 bits per heavy atom. The summed E-state index contributed by atoms with van der Waals surface area (Å²) < 4.78 is 5.56. The third kappa shape index (κ3) is 3.52. The van der Waals surface area contributed by atoms with E-state index in [2.05, 4.69) is 15.2 Å². The molecular formula is C21H23N3O3. The molecule has 1 atom stereocenters. The fourth-order valence-electron chi connectivity index (χ4n) is 3.67. The molecule has 1 N–H and O–H groups in total. The van der Waals surface area contributed by atoms with E-state index in [4.69, 9.17) is 4.74 Å². The van der Waals surface area contributed by atoms with Crippen LogP contribution in [0.15, 0.2) is 36.4 Å². The van der Waals surface area contributed by atoms with Gasteiger partial charge >= 0.3 is 0 Å². The van der Waals surface area contributed by atoms with Crippen molar-refractivity contribution in [3.05, 3.63) is 47.7 Å². The number of anilines is 2. The zero-order valence-corrected chi connectivity index (χ0v) is 15.6. The van der Waals surface area contributed by atoms with Gasteiger partial charge in [0.15, 0.2) is 11.9 Å². The number of fused-ring (bicyclic) bond motifs is 1. The summed E-state index contributed by atoms with van der Waals surface area (Å²) in [5.41, 5.74) is 2.20. The van der Waals surface area contributed by atoms with Crippen LogP contribution in [0.2, 0.25) is 0 Å². The van der Waals surface area contributed by atoms with Crippen LogP contribution in [0, 0.1) is 12.8 Å². The first kappa shape index (κ1) is 17.5. The van der Waals surface area contributed by atoms with Crippen LogP contribution in [0.4, 0.5) is 11.5 Å². The van der Waals surface area contributed by atoms with E-state index in [1.807, 2.05) is 25.1 Å². The third-order valence-corrected chi connectivity index (χ3v) is 5.26. The van der Waals surface area contributed by atoms with E-state index >= 15 is 0 Å². The molecule has 6 heteroatoms. The van der Waals surface area contributed by atoms with Crippen molar-refractivity contribution in [1.29, 1.82) is 0 Å². The van der Waals surface area contributed by atoms with E-state index in [0.29, 0.717) is 17.0 Å². The number of pyridine rings is 1. The second-order valence-electron chi connectivity index (χ2n) is 7.22. The Labute approximate surface area is 158 Å². The highest BCUT2D eigenvalue weighted by molar-refractivity contribution is 6.02. The van der Waals surface area contributed by atoms with Crippen LogP contribution >= 0.6 is 0 Å². The molecule has 1 amide bonds. The van der Waals surface area contributed by atoms with Gasteiger partial charge in [-0.05, 0) is 57.0 Å². The van der Waals surface area contributed by atoms with Crippen LogP contribution in [0.1, 0.15) is 35.8 Å². The molecule has 3 heterocycles. The maximum Gasteiger partial charge on any atom is 0.265 e. The number of carbonyl (C=O) groups excluding carboxylic acids is 2. The number of carbonyl (C=O) groups is 2. The molecule has 1 aromatic heterocycles. The highest BCUT2D eigenvalue weighted by Gasteiger charge is 2.29. The lowest BCUT2D eigenvalue weighted by Crippen LogP contribution is -2.37. The van der Waals surface area contributed by atoms with Gasteiger partial charge in [0, 0.05) is 30.3 Å². The SMILES string of the molecule is Cc1cccc(N2CCC(C(=O)c3ccc4c(c3)NC(=O)C(C)O4)CC2)n1. The maximum absolute atomic E-state index is 12.9. The average Bonchev–Trinajstić information content (AvgIpc) is 2.68. The molecule has 0 aliphatic carbocycles.